The van der Waals surface area contributed by atoms with Crippen LogP contribution in [0, 0.1) is 6.92 Å². The molecule has 7 nitrogen and oxygen atoms in total. The topological polar surface area (TPSA) is 97.4 Å². The third-order valence-corrected chi connectivity index (χ3v) is 8.04. The Balaban J connectivity index is 1.49. The van der Waals surface area contributed by atoms with Crippen LogP contribution in [0.15, 0.2) is 102 Å². The highest BCUT2D eigenvalue weighted by Gasteiger charge is 2.20. The minimum atomic E-state index is -3.98. The van der Waals surface area contributed by atoms with E-state index in [2.05, 4.69) is 10.0 Å². The number of nitrogens with zero attached hydrogens (tertiary/aromatic N) is 1. The first kappa shape index (κ1) is 26.2. The first-order valence-electron chi connectivity index (χ1n) is 12.0. The molecule has 0 saturated carbocycles. The third-order valence-electron chi connectivity index (χ3n) is 6.20. The molecule has 0 saturated heterocycles. The van der Waals surface area contributed by atoms with Crippen molar-refractivity contribution in [3.05, 3.63) is 113 Å². The normalized spacial score (nSPS) is 11.3. The number of para-hydroxylation sites is 2. The average Bonchev–Trinajstić information content (AvgIpc) is 2.94. The fourth-order valence-electron chi connectivity index (χ4n) is 4.18. The summed E-state index contributed by atoms with van der Waals surface area (Å²) in [5.41, 5.74) is 3.63. The summed E-state index contributed by atoms with van der Waals surface area (Å²) in [5.74, 6) is 0.321. The minimum Gasteiger partial charge on any atom is -0.497 e. The van der Waals surface area contributed by atoms with Gasteiger partial charge in [0.05, 0.1) is 39.5 Å². The van der Waals surface area contributed by atoms with Crippen LogP contribution in [0.3, 0.4) is 0 Å². The molecule has 196 valence electrons. The summed E-state index contributed by atoms with van der Waals surface area (Å²) in [6.07, 6.45) is 0. The zero-order valence-corrected chi connectivity index (χ0v) is 22.7. The number of carbonyl (C=O) groups is 1. The Kier molecular flexibility index (Phi) is 7.24. The van der Waals surface area contributed by atoms with Crippen molar-refractivity contribution in [1.82, 2.24) is 4.98 Å². The minimum absolute atomic E-state index is 0.0266. The first-order valence-corrected chi connectivity index (χ1v) is 13.8. The van der Waals surface area contributed by atoms with E-state index in [1.807, 2.05) is 48.5 Å². The van der Waals surface area contributed by atoms with Crippen LogP contribution in [0.2, 0.25) is 5.02 Å². The Labute approximate surface area is 231 Å². The second-order valence-electron chi connectivity index (χ2n) is 8.82. The number of fused-ring (bicyclic) bond motifs is 1. The highest BCUT2D eigenvalue weighted by Crippen LogP contribution is 2.29. The number of hydrogen-bond donors (Lipinski definition) is 2. The van der Waals surface area contributed by atoms with E-state index in [1.54, 1.807) is 56.5 Å². The highest BCUT2D eigenvalue weighted by atomic mass is 35.5. The van der Waals surface area contributed by atoms with Crippen LogP contribution in [0.1, 0.15) is 15.9 Å². The van der Waals surface area contributed by atoms with E-state index >= 15 is 0 Å². The summed E-state index contributed by atoms with van der Waals surface area (Å²) in [6, 6.07) is 27.8. The molecule has 5 rings (SSSR count). The van der Waals surface area contributed by atoms with E-state index in [9.17, 15) is 13.2 Å². The molecule has 0 atom stereocenters. The van der Waals surface area contributed by atoms with Gasteiger partial charge < -0.3 is 10.1 Å². The molecule has 1 amide bonds. The Bertz CT molecular complexity index is 1810. The molecule has 5 aromatic rings. The number of hydrogen-bond acceptors (Lipinski definition) is 5. The van der Waals surface area contributed by atoms with Crippen LogP contribution in [-0.2, 0) is 10.0 Å². The van der Waals surface area contributed by atoms with Crippen LogP contribution in [0.25, 0.3) is 22.2 Å². The number of anilines is 2. The molecule has 0 unspecified atom stereocenters. The van der Waals surface area contributed by atoms with Gasteiger partial charge in [0, 0.05) is 16.6 Å². The fraction of sp³-hybridized carbons (Fsp3) is 0.0667. The van der Waals surface area contributed by atoms with Crippen molar-refractivity contribution in [3.8, 4) is 17.0 Å². The van der Waals surface area contributed by atoms with E-state index < -0.39 is 15.9 Å². The molecule has 4 aromatic carbocycles. The van der Waals surface area contributed by atoms with E-state index in [-0.39, 0.29) is 15.6 Å². The van der Waals surface area contributed by atoms with Crippen molar-refractivity contribution in [2.45, 2.75) is 11.8 Å². The number of ether oxygens (including phenoxy) is 1. The molecular weight excluding hydrogens is 534 g/mol. The Morgan fingerprint density at radius 2 is 1.62 bits per heavy atom. The lowest BCUT2D eigenvalue weighted by Crippen LogP contribution is -2.17. The molecule has 0 aliphatic rings. The van der Waals surface area contributed by atoms with Crippen molar-refractivity contribution in [2.24, 2.45) is 0 Å². The van der Waals surface area contributed by atoms with Crippen LogP contribution in [0.5, 0.6) is 5.75 Å². The number of benzene rings is 4. The average molecular weight is 558 g/mol. The van der Waals surface area contributed by atoms with Gasteiger partial charge in [-0.2, -0.15) is 0 Å². The number of rotatable bonds is 7. The lowest BCUT2D eigenvalue weighted by atomic mass is 10.0. The second kappa shape index (κ2) is 10.8. The quantitative estimate of drug-likeness (QED) is 0.226. The van der Waals surface area contributed by atoms with Gasteiger partial charge in [0.15, 0.2) is 0 Å². The number of aromatic nitrogens is 1. The maximum absolute atomic E-state index is 13.6. The SMILES string of the molecule is COc1ccc(-c2cc(C(=O)Nc3ccc(C)c(S(=O)(=O)Nc4ccccc4Cl)c3)c3ccccc3n2)cc1. The third kappa shape index (κ3) is 5.57. The maximum Gasteiger partial charge on any atom is 0.262 e. The van der Waals surface area contributed by atoms with Gasteiger partial charge >= 0.3 is 0 Å². The molecule has 9 heteroatoms. The number of pyridine rings is 1. The van der Waals surface area contributed by atoms with Crippen LogP contribution < -0.4 is 14.8 Å². The van der Waals surface area contributed by atoms with Crippen LogP contribution in [0.4, 0.5) is 11.4 Å². The Morgan fingerprint density at radius 1 is 0.897 bits per heavy atom. The molecule has 1 heterocycles. The number of methoxy groups -OCH3 is 1. The molecule has 1 aromatic heterocycles. The fourth-order valence-corrected chi connectivity index (χ4v) is 5.77. The molecular formula is C30H24ClN3O4S. The number of amides is 1. The lowest BCUT2D eigenvalue weighted by molar-refractivity contribution is 0.102. The number of sulfonamides is 1. The Hall–Kier alpha value is -4.40. The second-order valence-corrected chi connectivity index (χ2v) is 10.9. The first-order chi connectivity index (χ1) is 18.7. The summed E-state index contributed by atoms with van der Waals surface area (Å²) in [6.45, 7) is 1.68. The van der Waals surface area contributed by atoms with Crippen molar-refractivity contribution >= 4 is 49.8 Å². The van der Waals surface area contributed by atoms with Crippen molar-refractivity contribution in [1.29, 1.82) is 0 Å². The zero-order chi connectivity index (χ0) is 27.6. The number of nitrogens with one attached hydrogen (secondary N) is 2. The molecule has 0 radical (unpaired) electrons. The van der Waals surface area contributed by atoms with Crippen molar-refractivity contribution < 1.29 is 17.9 Å². The molecule has 39 heavy (non-hydrogen) atoms. The molecule has 0 fully saturated rings. The predicted molar refractivity (Wildman–Crippen MR) is 155 cm³/mol. The molecule has 0 spiro atoms. The summed E-state index contributed by atoms with van der Waals surface area (Å²) < 4.78 is 34.2. The van der Waals surface area contributed by atoms with Gasteiger partial charge in [0.2, 0.25) is 0 Å². The van der Waals surface area contributed by atoms with Gasteiger partial charge in [0.25, 0.3) is 15.9 Å². The summed E-state index contributed by atoms with van der Waals surface area (Å²) in [7, 11) is -2.38. The van der Waals surface area contributed by atoms with Crippen molar-refractivity contribution in [3.63, 3.8) is 0 Å². The van der Waals surface area contributed by atoms with Crippen molar-refractivity contribution in [2.75, 3.05) is 17.1 Å². The van der Waals surface area contributed by atoms with Gasteiger partial charge in [-0.3, -0.25) is 9.52 Å². The Morgan fingerprint density at radius 3 is 2.36 bits per heavy atom. The van der Waals surface area contributed by atoms with Gasteiger partial charge in [-0.1, -0.05) is 48.0 Å². The van der Waals surface area contributed by atoms with Gasteiger partial charge in [-0.25, -0.2) is 13.4 Å². The van der Waals surface area contributed by atoms with E-state index in [1.165, 1.54) is 6.07 Å². The monoisotopic (exact) mass is 557 g/mol. The predicted octanol–water partition coefficient (Wildman–Crippen LogP) is 6.93. The summed E-state index contributed by atoms with van der Waals surface area (Å²) >= 11 is 6.15. The smallest absolute Gasteiger partial charge is 0.262 e. The molecule has 0 aliphatic heterocycles. The van der Waals surface area contributed by atoms with Crippen LogP contribution >= 0.6 is 11.6 Å². The maximum atomic E-state index is 13.6. The molecule has 2 N–H and O–H groups in total. The van der Waals surface area contributed by atoms with E-state index in [0.717, 1.165) is 5.56 Å². The standard InChI is InChI=1S/C30H24ClN3O4S/c1-19-11-14-21(17-29(19)39(36,37)34-27-10-6-4-8-25(27)31)32-30(35)24-18-28(20-12-15-22(38-2)16-13-20)33-26-9-5-3-7-23(24)26/h3-18,34H,1-2H3,(H,32,35). The summed E-state index contributed by atoms with van der Waals surface area (Å²) in [4.78, 5) is 18.3. The van der Waals surface area contributed by atoms with Gasteiger partial charge in [-0.05, 0) is 73.2 Å². The van der Waals surface area contributed by atoms with Gasteiger partial charge in [0.1, 0.15) is 5.75 Å². The van der Waals surface area contributed by atoms with E-state index in [0.29, 0.717) is 39.2 Å². The zero-order valence-electron chi connectivity index (χ0n) is 21.1. The number of halogens is 1. The van der Waals surface area contributed by atoms with Gasteiger partial charge in [-0.15, -0.1) is 0 Å². The summed E-state index contributed by atoms with van der Waals surface area (Å²) in [5, 5.41) is 3.81. The largest absolute Gasteiger partial charge is 0.497 e. The number of aryl methyl sites for hydroxylation is 1. The van der Waals surface area contributed by atoms with E-state index in [4.69, 9.17) is 21.3 Å². The number of carbonyl (C=O) groups excluding carboxylic acids is 1. The molecule has 0 bridgehead atoms. The molecule has 0 aliphatic carbocycles. The van der Waals surface area contributed by atoms with Crippen LogP contribution in [-0.4, -0.2) is 26.4 Å². The highest BCUT2D eigenvalue weighted by molar-refractivity contribution is 7.92. The lowest BCUT2D eigenvalue weighted by Gasteiger charge is -2.14.